The number of amides is 2. The van der Waals surface area contributed by atoms with Crippen molar-refractivity contribution in [2.75, 3.05) is 20.7 Å². The highest BCUT2D eigenvalue weighted by molar-refractivity contribution is 7.87. The summed E-state index contributed by atoms with van der Waals surface area (Å²) in [7, 11) is -1.83. The quantitative estimate of drug-likeness (QED) is 0.267. The fraction of sp³-hybridized carbons (Fsp3) is 0.609. The van der Waals surface area contributed by atoms with Crippen molar-refractivity contribution in [3.05, 3.63) is 35.9 Å². The van der Waals surface area contributed by atoms with E-state index in [0.717, 1.165) is 17.0 Å². The van der Waals surface area contributed by atoms with Crippen molar-refractivity contribution in [3.63, 3.8) is 0 Å². The average molecular weight is 515 g/mol. The van der Waals surface area contributed by atoms with Gasteiger partial charge in [-0.3, -0.25) is 14.4 Å². The highest BCUT2D eigenvalue weighted by Gasteiger charge is 2.39. The number of esters is 1. The van der Waals surface area contributed by atoms with Gasteiger partial charge in [-0.2, -0.15) is 17.4 Å². The fourth-order valence-corrected chi connectivity index (χ4v) is 4.42. The molecule has 0 aliphatic heterocycles. The molecule has 1 aromatic carbocycles. The number of ether oxygens (including phenoxy) is 1. The van der Waals surface area contributed by atoms with Gasteiger partial charge in [0.25, 0.3) is 10.2 Å². The first kappa shape index (κ1) is 30.5. The van der Waals surface area contributed by atoms with Gasteiger partial charge in [-0.1, -0.05) is 51.1 Å². The number of likely N-dealkylation sites (N-methyl/N-ethyl adjacent to an activating group) is 1. The SMILES string of the molecule is COC(=O)C(C)(C)NS(=O)(=O)N(C)CC(O)C(Cc1ccccc1)NC(=O)C(C)C(C)(C)C(N)=O. The predicted octanol–water partition coefficient (Wildman–Crippen LogP) is -0.0598. The Morgan fingerprint density at radius 1 is 1.14 bits per heavy atom. The summed E-state index contributed by atoms with van der Waals surface area (Å²) in [6.45, 7) is 6.97. The van der Waals surface area contributed by atoms with Crippen LogP contribution in [-0.4, -0.2) is 74.0 Å². The van der Waals surface area contributed by atoms with Crippen LogP contribution in [0.3, 0.4) is 0 Å². The number of rotatable bonds is 13. The molecule has 0 fully saturated rings. The van der Waals surface area contributed by atoms with Crippen molar-refractivity contribution in [2.24, 2.45) is 17.1 Å². The van der Waals surface area contributed by atoms with Gasteiger partial charge in [0.15, 0.2) is 0 Å². The Labute approximate surface area is 207 Å². The molecule has 198 valence electrons. The van der Waals surface area contributed by atoms with Gasteiger partial charge < -0.3 is 20.9 Å². The van der Waals surface area contributed by atoms with Crippen LogP contribution in [0.1, 0.15) is 40.2 Å². The minimum absolute atomic E-state index is 0.201. The zero-order valence-corrected chi connectivity index (χ0v) is 22.2. The second kappa shape index (κ2) is 11.9. The van der Waals surface area contributed by atoms with E-state index in [1.165, 1.54) is 20.9 Å². The van der Waals surface area contributed by atoms with Crippen molar-refractivity contribution in [1.82, 2.24) is 14.3 Å². The summed E-state index contributed by atoms with van der Waals surface area (Å²) in [5.74, 6) is -2.75. The Bertz CT molecular complexity index is 996. The maximum atomic E-state index is 13.0. The lowest BCUT2D eigenvalue weighted by Gasteiger charge is -2.32. The van der Waals surface area contributed by atoms with Crippen molar-refractivity contribution in [1.29, 1.82) is 0 Å². The van der Waals surface area contributed by atoms with E-state index in [2.05, 4.69) is 14.8 Å². The number of carbonyl (C=O) groups excluding carboxylic acids is 3. The summed E-state index contributed by atoms with van der Waals surface area (Å²) in [6, 6.07) is 8.15. The van der Waals surface area contributed by atoms with E-state index in [0.29, 0.717) is 0 Å². The van der Waals surface area contributed by atoms with E-state index in [-0.39, 0.29) is 6.42 Å². The van der Waals surface area contributed by atoms with Crippen molar-refractivity contribution < 1.29 is 32.6 Å². The molecule has 5 N–H and O–H groups in total. The lowest BCUT2D eigenvalue weighted by molar-refractivity contribution is -0.146. The van der Waals surface area contributed by atoms with E-state index in [1.807, 2.05) is 18.2 Å². The van der Waals surface area contributed by atoms with Crippen LogP contribution in [-0.2, 0) is 35.8 Å². The van der Waals surface area contributed by atoms with Gasteiger partial charge in [-0.25, -0.2) is 0 Å². The molecule has 12 heteroatoms. The van der Waals surface area contributed by atoms with Crippen LogP contribution in [0, 0.1) is 11.3 Å². The number of hydrogen-bond acceptors (Lipinski definition) is 7. The zero-order valence-electron chi connectivity index (χ0n) is 21.4. The molecule has 1 rings (SSSR count). The first-order valence-corrected chi connectivity index (χ1v) is 12.6. The monoisotopic (exact) mass is 514 g/mol. The van der Waals surface area contributed by atoms with Crippen molar-refractivity contribution >= 4 is 28.0 Å². The molecular weight excluding hydrogens is 476 g/mol. The molecule has 3 atom stereocenters. The molecule has 0 aliphatic carbocycles. The second-order valence-corrected chi connectivity index (χ2v) is 11.5. The minimum atomic E-state index is -4.21. The van der Waals surface area contributed by atoms with Crippen LogP contribution in [0.25, 0.3) is 0 Å². The molecule has 11 nitrogen and oxygen atoms in total. The third kappa shape index (κ3) is 8.27. The molecule has 2 amide bonds. The van der Waals surface area contributed by atoms with Gasteiger partial charge in [0, 0.05) is 19.5 Å². The highest BCUT2D eigenvalue weighted by Crippen LogP contribution is 2.26. The Morgan fingerprint density at radius 2 is 1.69 bits per heavy atom. The smallest absolute Gasteiger partial charge is 0.326 e. The van der Waals surface area contributed by atoms with E-state index >= 15 is 0 Å². The van der Waals surface area contributed by atoms with Crippen molar-refractivity contribution in [3.8, 4) is 0 Å². The minimum Gasteiger partial charge on any atom is -0.468 e. The number of aliphatic hydroxyl groups is 1. The van der Waals surface area contributed by atoms with Gasteiger partial charge in [-0.15, -0.1) is 0 Å². The van der Waals surface area contributed by atoms with Crippen LogP contribution >= 0.6 is 0 Å². The molecule has 0 saturated carbocycles. The van der Waals surface area contributed by atoms with Crippen LogP contribution in [0.2, 0.25) is 0 Å². The summed E-state index contributed by atoms with van der Waals surface area (Å²) in [4.78, 5) is 36.6. The molecule has 0 heterocycles. The first-order chi connectivity index (χ1) is 16.0. The van der Waals surface area contributed by atoms with Crippen LogP contribution in [0.5, 0.6) is 0 Å². The predicted molar refractivity (Wildman–Crippen MR) is 131 cm³/mol. The standard InChI is InChI=1S/C23H38N4O7S/c1-15(22(2,3)20(24)30)19(29)25-17(13-16-11-9-8-10-12-16)18(28)14-27(6)35(32,33)26-23(4,5)21(31)34-7/h8-12,15,17-18,26,28H,13-14H2,1-7H3,(H2,24,30)(H,25,29). The Hall–Kier alpha value is -2.54. The fourth-order valence-electron chi connectivity index (χ4n) is 3.19. The van der Waals surface area contributed by atoms with Crippen LogP contribution in [0.15, 0.2) is 30.3 Å². The molecule has 3 unspecified atom stereocenters. The first-order valence-electron chi connectivity index (χ1n) is 11.1. The molecule has 0 aliphatic rings. The topological polar surface area (TPSA) is 168 Å². The van der Waals surface area contributed by atoms with Crippen LogP contribution < -0.4 is 15.8 Å². The summed E-state index contributed by atoms with van der Waals surface area (Å²) in [5, 5.41) is 13.7. The molecule has 0 bridgehead atoms. The normalized spacial score (nSPS) is 15.2. The molecule has 0 saturated heterocycles. The zero-order chi connectivity index (χ0) is 27.2. The number of aliphatic hydroxyl groups excluding tert-OH is 1. The van der Waals surface area contributed by atoms with Gasteiger partial charge in [0.05, 0.1) is 24.7 Å². The largest absolute Gasteiger partial charge is 0.468 e. The van der Waals surface area contributed by atoms with Gasteiger partial charge >= 0.3 is 5.97 Å². The third-order valence-corrected chi connectivity index (χ3v) is 7.87. The number of hydrogen-bond donors (Lipinski definition) is 4. The number of primary amides is 1. The molecule has 0 spiro atoms. The highest BCUT2D eigenvalue weighted by atomic mass is 32.2. The lowest BCUT2D eigenvalue weighted by Crippen LogP contribution is -2.57. The number of nitrogens with zero attached hydrogens (tertiary/aromatic N) is 1. The number of nitrogens with two attached hydrogens (primary N) is 1. The van der Waals surface area contributed by atoms with E-state index in [1.54, 1.807) is 32.9 Å². The molecule has 1 aromatic rings. The molecular formula is C23H38N4O7S. The lowest BCUT2D eigenvalue weighted by atomic mass is 9.78. The maximum absolute atomic E-state index is 13.0. The molecule has 0 aromatic heterocycles. The summed E-state index contributed by atoms with van der Waals surface area (Å²) in [6.07, 6.45) is -1.13. The number of methoxy groups -OCH3 is 1. The third-order valence-electron chi connectivity index (χ3n) is 6.14. The maximum Gasteiger partial charge on any atom is 0.326 e. The summed E-state index contributed by atoms with van der Waals surface area (Å²) < 4.78 is 33.3. The van der Waals surface area contributed by atoms with Gasteiger partial charge in [0.1, 0.15) is 5.54 Å². The van der Waals surface area contributed by atoms with Crippen molar-refractivity contribution in [2.45, 2.75) is 58.7 Å². The Kier molecular flexibility index (Phi) is 10.4. The number of carbonyl (C=O) groups is 3. The summed E-state index contributed by atoms with van der Waals surface area (Å²) >= 11 is 0. The van der Waals surface area contributed by atoms with Gasteiger partial charge in [0.2, 0.25) is 11.8 Å². The Morgan fingerprint density at radius 3 is 2.17 bits per heavy atom. The Balaban J connectivity index is 3.11. The number of benzene rings is 1. The number of nitrogens with one attached hydrogen (secondary N) is 2. The van der Waals surface area contributed by atoms with E-state index in [4.69, 9.17) is 5.73 Å². The summed E-state index contributed by atoms with van der Waals surface area (Å²) in [5.41, 5.74) is 3.55. The second-order valence-electron chi connectivity index (χ2n) is 9.68. The molecule has 35 heavy (non-hydrogen) atoms. The average Bonchev–Trinajstić information content (AvgIpc) is 2.76. The van der Waals surface area contributed by atoms with Crippen LogP contribution in [0.4, 0.5) is 0 Å². The molecule has 0 radical (unpaired) electrons. The van der Waals surface area contributed by atoms with E-state index in [9.17, 15) is 27.9 Å². The van der Waals surface area contributed by atoms with Gasteiger partial charge in [-0.05, 0) is 25.8 Å². The van der Waals surface area contributed by atoms with E-state index < -0.39 is 63.6 Å².